The Balaban J connectivity index is 1.77. The maximum atomic E-state index is 11.6. The fourth-order valence-electron chi connectivity index (χ4n) is 3.08. The van der Waals surface area contributed by atoms with E-state index in [4.69, 9.17) is 10.9 Å². The third kappa shape index (κ3) is 2.96. The van der Waals surface area contributed by atoms with Crippen molar-refractivity contribution in [1.82, 2.24) is 15.2 Å². The number of amides is 1. The maximum Gasteiger partial charge on any atom is 0.265 e. The highest BCUT2D eigenvalue weighted by Gasteiger charge is 2.13. The van der Waals surface area contributed by atoms with Crippen molar-refractivity contribution in [3.05, 3.63) is 90.0 Å². The Labute approximate surface area is 151 Å². The quantitative estimate of drug-likeness (QED) is 0.339. The minimum Gasteiger partial charge on any atom is -0.290 e. The summed E-state index contributed by atoms with van der Waals surface area (Å²) in [6.07, 6.45) is 0. The van der Waals surface area contributed by atoms with Crippen molar-refractivity contribution < 1.29 is 4.79 Å². The number of nitrogens with zero attached hydrogens (tertiary/aromatic N) is 2. The van der Waals surface area contributed by atoms with Crippen LogP contribution in [0.1, 0.15) is 15.9 Å². The molecule has 3 N–H and O–H groups in total. The van der Waals surface area contributed by atoms with E-state index in [0.717, 1.165) is 22.2 Å². The first-order chi connectivity index (χ1) is 12.8. The zero-order valence-corrected chi connectivity index (χ0v) is 14.1. The number of carbonyl (C=O) groups is 1. The van der Waals surface area contributed by atoms with E-state index in [0.29, 0.717) is 12.1 Å². The number of nitrogens with two attached hydrogens (primary N) is 1. The van der Waals surface area contributed by atoms with Crippen LogP contribution in [0.4, 0.5) is 0 Å². The van der Waals surface area contributed by atoms with E-state index in [-0.39, 0.29) is 5.91 Å². The second kappa shape index (κ2) is 6.82. The van der Waals surface area contributed by atoms with Gasteiger partial charge >= 0.3 is 0 Å². The Hall–Kier alpha value is -3.44. The zero-order valence-electron chi connectivity index (χ0n) is 14.1. The topological polar surface area (TPSA) is 72.9 Å². The predicted molar refractivity (Wildman–Crippen MR) is 102 cm³/mol. The highest BCUT2D eigenvalue weighted by atomic mass is 16.2. The van der Waals surface area contributed by atoms with Gasteiger partial charge in [-0.15, -0.1) is 0 Å². The molecule has 0 spiro atoms. The standard InChI is InChI=1S/C21H18N4O/c22-23-21(26)17-12-10-16(11-13-17)20-18-8-4-5-9-19(18)25(24-20)14-15-6-2-1-3-7-15/h1-13H,14,22H2,(H,23,26). The van der Waals surface area contributed by atoms with Crippen molar-refractivity contribution in [3.63, 3.8) is 0 Å². The number of hydrogen-bond donors (Lipinski definition) is 2. The Bertz CT molecular complexity index is 1050. The smallest absolute Gasteiger partial charge is 0.265 e. The summed E-state index contributed by atoms with van der Waals surface area (Å²) in [6, 6.07) is 25.7. The molecule has 5 nitrogen and oxygen atoms in total. The summed E-state index contributed by atoms with van der Waals surface area (Å²) in [6.45, 7) is 0.703. The van der Waals surface area contributed by atoms with E-state index in [1.807, 2.05) is 47.1 Å². The van der Waals surface area contributed by atoms with E-state index < -0.39 is 0 Å². The normalized spacial score (nSPS) is 10.8. The van der Waals surface area contributed by atoms with Crippen LogP contribution in [0.15, 0.2) is 78.9 Å². The largest absolute Gasteiger partial charge is 0.290 e. The van der Waals surface area contributed by atoms with Gasteiger partial charge < -0.3 is 0 Å². The molecule has 0 aliphatic rings. The molecule has 0 unspecified atom stereocenters. The Morgan fingerprint density at radius 2 is 1.62 bits per heavy atom. The van der Waals surface area contributed by atoms with Crippen LogP contribution in [0.2, 0.25) is 0 Å². The zero-order chi connectivity index (χ0) is 17.9. The lowest BCUT2D eigenvalue weighted by atomic mass is 10.1. The summed E-state index contributed by atoms with van der Waals surface area (Å²) in [4.78, 5) is 11.6. The summed E-state index contributed by atoms with van der Waals surface area (Å²) in [5.41, 5.74) is 6.80. The van der Waals surface area contributed by atoms with Crippen LogP contribution in [0.3, 0.4) is 0 Å². The molecule has 1 amide bonds. The molecule has 0 saturated carbocycles. The van der Waals surface area contributed by atoms with Crippen molar-refractivity contribution in [2.45, 2.75) is 6.54 Å². The van der Waals surface area contributed by atoms with Crippen molar-refractivity contribution in [3.8, 4) is 11.3 Å². The number of para-hydroxylation sites is 1. The number of fused-ring (bicyclic) bond motifs is 1. The van der Waals surface area contributed by atoms with Gasteiger partial charge in [0.25, 0.3) is 5.91 Å². The monoisotopic (exact) mass is 342 g/mol. The number of aromatic nitrogens is 2. The fourth-order valence-corrected chi connectivity index (χ4v) is 3.08. The minimum absolute atomic E-state index is 0.309. The van der Waals surface area contributed by atoms with E-state index >= 15 is 0 Å². The number of rotatable bonds is 4. The summed E-state index contributed by atoms with van der Waals surface area (Å²) >= 11 is 0. The van der Waals surface area contributed by atoms with Crippen molar-refractivity contribution in [2.24, 2.45) is 5.84 Å². The van der Waals surface area contributed by atoms with E-state index in [1.165, 1.54) is 5.56 Å². The summed E-state index contributed by atoms with van der Waals surface area (Å²) in [7, 11) is 0. The highest BCUT2D eigenvalue weighted by molar-refractivity contribution is 5.96. The van der Waals surface area contributed by atoms with Crippen LogP contribution in [-0.2, 0) is 6.54 Å². The molecular formula is C21H18N4O. The van der Waals surface area contributed by atoms with Gasteiger partial charge in [-0.1, -0.05) is 60.7 Å². The summed E-state index contributed by atoms with van der Waals surface area (Å²) in [5.74, 6) is 4.88. The molecule has 0 bridgehead atoms. The van der Waals surface area contributed by atoms with Gasteiger partial charge in [-0.05, 0) is 23.8 Å². The number of hydrogen-bond acceptors (Lipinski definition) is 3. The lowest BCUT2D eigenvalue weighted by molar-refractivity contribution is 0.0953. The van der Waals surface area contributed by atoms with Gasteiger partial charge in [-0.25, -0.2) is 5.84 Å². The number of hydrazine groups is 1. The minimum atomic E-state index is -0.309. The second-order valence-corrected chi connectivity index (χ2v) is 6.06. The molecule has 0 saturated heterocycles. The van der Waals surface area contributed by atoms with Gasteiger partial charge in [0.05, 0.1) is 12.1 Å². The van der Waals surface area contributed by atoms with E-state index in [2.05, 4.69) is 29.7 Å². The average Bonchev–Trinajstić information content (AvgIpc) is 3.07. The van der Waals surface area contributed by atoms with Crippen molar-refractivity contribution in [2.75, 3.05) is 0 Å². The van der Waals surface area contributed by atoms with Gasteiger partial charge in [0.1, 0.15) is 5.69 Å². The molecular weight excluding hydrogens is 324 g/mol. The number of nitrogen functional groups attached to an aromatic ring is 1. The first kappa shape index (κ1) is 16.1. The Morgan fingerprint density at radius 3 is 2.35 bits per heavy atom. The fraction of sp³-hybridized carbons (Fsp3) is 0.0476. The molecule has 5 heteroatoms. The van der Waals surface area contributed by atoms with Crippen LogP contribution in [0.25, 0.3) is 22.2 Å². The third-order valence-corrected chi connectivity index (χ3v) is 4.38. The molecule has 4 rings (SSSR count). The lowest BCUT2D eigenvalue weighted by Crippen LogP contribution is -2.29. The van der Waals surface area contributed by atoms with Crippen LogP contribution in [-0.4, -0.2) is 15.7 Å². The van der Waals surface area contributed by atoms with Gasteiger partial charge in [0.15, 0.2) is 0 Å². The predicted octanol–water partition coefficient (Wildman–Crippen LogP) is 3.36. The molecule has 1 heterocycles. The van der Waals surface area contributed by atoms with Gasteiger partial charge in [-0.3, -0.25) is 14.9 Å². The number of benzene rings is 3. The number of carbonyl (C=O) groups excluding carboxylic acids is 1. The van der Waals surface area contributed by atoms with Gasteiger partial charge in [-0.2, -0.15) is 5.10 Å². The molecule has 0 fully saturated rings. The second-order valence-electron chi connectivity index (χ2n) is 6.06. The Morgan fingerprint density at radius 1 is 0.923 bits per heavy atom. The van der Waals surface area contributed by atoms with Crippen molar-refractivity contribution in [1.29, 1.82) is 0 Å². The molecule has 4 aromatic rings. The van der Waals surface area contributed by atoms with E-state index in [1.54, 1.807) is 12.1 Å². The van der Waals surface area contributed by atoms with Crippen LogP contribution >= 0.6 is 0 Å². The molecule has 0 atom stereocenters. The summed E-state index contributed by atoms with van der Waals surface area (Å²) in [5, 5.41) is 5.92. The SMILES string of the molecule is NNC(=O)c1ccc(-c2nn(Cc3ccccc3)c3ccccc23)cc1. The van der Waals surface area contributed by atoms with Gasteiger partial charge in [0, 0.05) is 16.5 Å². The number of nitrogens with one attached hydrogen (secondary N) is 1. The maximum absolute atomic E-state index is 11.6. The first-order valence-electron chi connectivity index (χ1n) is 8.37. The summed E-state index contributed by atoms with van der Waals surface area (Å²) < 4.78 is 2.01. The molecule has 26 heavy (non-hydrogen) atoms. The lowest BCUT2D eigenvalue weighted by Gasteiger charge is -2.03. The van der Waals surface area contributed by atoms with E-state index in [9.17, 15) is 4.79 Å². The molecule has 128 valence electrons. The van der Waals surface area contributed by atoms with Crippen LogP contribution in [0.5, 0.6) is 0 Å². The van der Waals surface area contributed by atoms with Crippen LogP contribution in [0, 0.1) is 0 Å². The third-order valence-electron chi connectivity index (χ3n) is 4.38. The molecule has 3 aromatic carbocycles. The van der Waals surface area contributed by atoms with Crippen molar-refractivity contribution >= 4 is 16.8 Å². The molecule has 0 aliphatic heterocycles. The van der Waals surface area contributed by atoms with Crippen LogP contribution < -0.4 is 11.3 Å². The Kier molecular flexibility index (Phi) is 4.21. The first-order valence-corrected chi connectivity index (χ1v) is 8.37. The molecule has 0 aliphatic carbocycles. The molecule has 0 radical (unpaired) electrons. The molecule has 1 aromatic heterocycles. The van der Waals surface area contributed by atoms with Gasteiger partial charge in [0.2, 0.25) is 0 Å². The highest BCUT2D eigenvalue weighted by Crippen LogP contribution is 2.28. The average molecular weight is 342 g/mol.